The number of aromatic nitrogens is 5. The fraction of sp³-hybridized carbons (Fsp3) is 0.111. The molecule has 0 N–H and O–H groups in total. The van der Waals surface area contributed by atoms with Crippen LogP contribution in [0.25, 0.3) is 11.2 Å². The Labute approximate surface area is 155 Å². The van der Waals surface area contributed by atoms with Crippen LogP contribution in [-0.2, 0) is 0 Å². The molecule has 5 nitrogen and oxygen atoms in total. The number of aryl methyl sites for hydroxylation is 1. The van der Waals surface area contributed by atoms with Gasteiger partial charge < -0.3 is 4.57 Å². The maximum absolute atomic E-state index is 14.6. The van der Waals surface area contributed by atoms with Gasteiger partial charge in [0.05, 0.1) is 5.52 Å². The van der Waals surface area contributed by atoms with Crippen molar-refractivity contribution in [2.75, 3.05) is 0 Å². The van der Waals surface area contributed by atoms with Crippen LogP contribution in [0.4, 0.5) is 8.78 Å². The number of hydrogen-bond donors (Lipinski definition) is 0. The maximum Gasteiger partial charge on any atom is 0.177 e. The second-order valence-electron chi connectivity index (χ2n) is 5.67. The fourth-order valence-corrected chi connectivity index (χ4v) is 3.28. The van der Waals surface area contributed by atoms with Gasteiger partial charge in [-0.05, 0) is 53.2 Å². The topological polar surface area (TPSA) is 56.5 Å². The van der Waals surface area contributed by atoms with E-state index in [1.807, 2.05) is 0 Å². The van der Waals surface area contributed by atoms with E-state index in [0.29, 0.717) is 17.0 Å². The first-order valence-corrected chi connectivity index (χ1v) is 8.56. The predicted molar refractivity (Wildman–Crippen MR) is 95.6 cm³/mol. The minimum atomic E-state index is -0.918. The molecule has 4 rings (SSSR count). The highest BCUT2D eigenvalue weighted by atomic mass is 79.9. The number of halogens is 3. The molecule has 130 valence electrons. The fourth-order valence-electron chi connectivity index (χ4n) is 2.96. The lowest BCUT2D eigenvalue weighted by molar-refractivity contribution is 0.519. The van der Waals surface area contributed by atoms with Crippen molar-refractivity contribution >= 4 is 27.1 Å². The molecule has 0 saturated heterocycles. The Morgan fingerprint density at radius 2 is 1.62 bits per heavy atom. The van der Waals surface area contributed by atoms with E-state index in [1.165, 1.54) is 36.7 Å². The lowest BCUT2D eigenvalue weighted by Gasteiger charge is -2.21. The van der Waals surface area contributed by atoms with Gasteiger partial charge >= 0.3 is 0 Å². The first-order valence-electron chi connectivity index (χ1n) is 7.77. The first kappa shape index (κ1) is 16.7. The number of rotatable bonds is 3. The number of hydrogen-bond acceptors (Lipinski definition) is 4. The van der Waals surface area contributed by atoms with Gasteiger partial charge in [0, 0.05) is 23.1 Å². The average molecular weight is 416 g/mol. The summed E-state index contributed by atoms with van der Waals surface area (Å²) in [6, 6.07) is 6.44. The van der Waals surface area contributed by atoms with E-state index >= 15 is 0 Å². The van der Waals surface area contributed by atoms with Crippen molar-refractivity contribution < 1.29 is 8.78 Å². The van der Waals surface area contributed by atoms with E-state index in [0.717, 1.165) is 4.47 Å². The molecule has 0 fully saturated rings. The Morgan fingerprint density at radius 3 is 2.19 bits per heavy atom. The molecule has 4 heterocycles. The maximum atomic E-state index is 14.6. The molecule has 4 aromatic heterocycles. The molecule has 0 aliphatic rings. The Balaban J connectivity index is 2.07. The molecule has 26 heavy (non-hydrogen) atoms. The van der Waals surface area contributed by atoms with E-state index in [2.05, 4.69) is 35.9 Å². The van der Waals surface area contributed by atoms with Crippen LogP contribution in [0.3, 0.4) is 0 Å². The van der Waals surface area contributed by atoms with Crippen LogP contribution in [0, 0.1) is 18.6 Å². The van der Waals surface area contributed by atoms with E-state index in [-0.39, 0.29) is 11.4 Å². The van der Waals surface area contributed by atoms with Crippen molar-refractivity contribution in [2.45, 2.75) is 13.0 Å². The molecule has 0 unspecified atom stereocenters. The van der Waals surface area contributed by atoms with Gasteiger partial charge in [-0.15, -0.1) is 0 Å². The molecule has 0 saturated carbocycles. The zero-order valence-corrected chi connectivity index (χ0v) is 15.2. The molecular weight excluding hydrogens is 404 g/mol. The Kier molecular flexibility index (Phi) is 4.20. The molecule has 0 bridgehead atoms. The van der Waals surface area contributed by atoms with Crippen LogP contribution >= 0.6 is 15.9 Å². The molecule has 0 radical (unpaired) electrons. The van der Waals surface area contributed by atoms with E-state index in [4.69, 9.17) is 0 Å². The third-order valence-corrected chi connectivity index (χ3v) is 4.47. The largest absolute Gasteiger partial charge is 0.312 e. The number of pyridine rings is 3. The summed E-state index contributed by atoms with van der Waals surface area (Å²) in [4.78, 5) is 17.0. The van der Waals surface area contributed by atoms with Crippen LogP contribution in [0.15, 0.2) is 53.4 Å². The quantitative estimate of drug-likeness (QED) is 0.502. The Morgan fingerprint density at radius 1 is 1.00 bits per heavy atom. The summed E-state index contributed by atoms with van der Waals surface area (Å²) in [7, 11) is 0. The summed E-state index contributed by atoms with van der Waals surface area (Å²) >= 11 is 3.38. The minimum absolute atomic E-state index is 0.0625. The molecule has 0 aromatic carbocycles. The molecule has 0 amide bonds. The zero-order valence-electron chi connectivity index (χ0n) is 13.6. The van der Waals surface area contributed by atoms with Crippen molar-refractivity contribution in [1.29, 1.82) is 0 Å². The van der Waals surface area contributed by atoms with Crippen LogP contribution in [0.5, 0.6) is 0 Å². The van der Waals surface area contributed by atoms with Crippen LogP contribution in [0.2, 0.25) is 0 Å². The monoisotopic (exact) mass is 415 g/mol. The summed E-state index contributed by atoms with van der Waals surface area (Å²) < 4.78 is 31.6. The second-order valence-corrected chi connectivity index (χ2v) is 6.58. The molecule has 8 heteroatoms. The summed E-state index contributed by atoms with van der Waals surface area (Å²) in [5.41, 5.74) is 1.22. The SMILES string of the molecule is Cc1nc2ncc(Br)cc2n1C(c1ncccc1F)c1ncccc1F. The van der Waals surface area contributed by atoms with E-state index in [1.54, 1.807) is 23.8 Å². The van der Waals surface area contributed by atoms with Crippen LogP contribution in [-0.4, -0.2) is 24.5 Å². The van der Waals surface area contributed by atoms with Crippen molar-refractivity contribution in [1.82, 2.24) is 24.5 Å². The van der Waals surface area contributed by atoms with Gasteiger partial charge in [-0.2, -0.15) is 0 Å². The summed E-state index contributed by atoms with van der Waals surface area (Å²) in [6.45, 7) is 1.75. The molecule has 0 spiro atoms. The third kappa shape index (κ3) is 2.76. The molecule has 0 aliphatic carbocycles. The highest BCUT2D eigenvalue weighted by molar-refractivity contribution is 9.10. The lowest BCUT2D eigenvalue weighted by atomic mass is 10.1. The van der Waals surface area contributed by atoms with Gasteiger partial charge in [0.15, 0.2) is 5.65 Å². The normalized spacial score (nSPS) is 11.4. The predicted octanol–water partition coefficient (Wildman–Crippen LogP) is 4.21. The minimum Gasteiger partial charge on any atom is -0.312 e. The van der Waals surface area contributed by atoms with E-state index < -0.39 is 17.7 Å². The number of fused-ring (bicyclic) bond motifs is 1. The number of nitrogens with zero attached hydrogens (tertiary/aromatic N) is 5. The summed E-state index contributed by atoms with van der Waals surface area (Å²) in [5, 5.41) is 0. The summed E-state index contributed by atoms with van der Waals surface area (Å²) in [6.07, 6.45) is 4.56. The van der Waals surface area contributed by atoms with Crippen LogP contribution in [0.1, 0.15) is 23.3 Å². The first-order chi connectivity index (χ1) is 12.6. The van der Waals surface area contributed by atoms with Gasteiger partial charge in [0.1, 0.15) is 34.9 Å². The summed E-state index contributed by atoms with van der Waals surface area (Å²) in [5.74, 6) is -0.552. The van der Waals surface area contributed by atoms with Crippen LogP contribution < -0.4 is 0 Å². The second kappa shape index (κ2) is 6.53. The molecular formula is C18H12BrF2N5. The smallest absolute Gasteiger partial charge is 0.177 e. The van der Waals surface area contributed by atoms with Gasteiger partial charge in [-0.3, -0.25) is 9.97 Å². The van der Waals surface area contributed by atoms with Crippen molar-refractivity contribution in [3.63, 3.8) is 0 Å². The van der Waals surface area contributed by atoms with Gasteiger partial charge in [0.25, 0.3) is 0 Å². The molecule has 0 aliphatic heterocycles. The average Bonchev–Trinajstić information content (AvgIpc) is 2.94. The van der Waals surface area contributed by atoms with E-state index in [9.17, 15) is 8.78 Å². The van der Waals surface area contributed by atoms with Gasteiger partial charge in [0.2, 0.25) is 0 Å². The van der Waals surface area contributed by atoms with Crippen molar-refractivity contribution in [3.8, 4) is 0 Å². The van der Waals surface area contributed by atoms with Crippen molar-refractivity contribution in [2.24, 2.45) is 0 Å². The van der Waals surface area contributed by atoms with Crippen molar-refractivity contribution in [3.05, 3.63) is 82.2 Å². The highest BCUT2D eigenvalue weighted by Crippen LogP contribution is 2.32. The highest BCUT2D eigenvalue weighted by Gasteiger charge is 2.28. The van der Waals surface area contributed by atoms with Gasteiger partial charge in [-0.25, -0.2) is 18.7 Å². The third-order valence-electron chi connectivity index (χ3n) is 4.04. The Bertz CT molecular complexity index is 1070. The van der Waals surface area contributed by atoms with Gasteiger partial charge in [-0.1, -0.05) is 0 Å². The molecule has 4 aromatic rings. The zero-order chi connectivity index (χ0) is 18.3. The number of imidazole rings is 1. The lowest BCUT2D eigenvalue weighted by Crippen LogP contribution is -2.19. The standard InChI is InChI=1S/C18H12BrF2N5/c1-10-25-18-14(8-11(19)9-24-18)26(10)17(15-12(20)4-2-6-22-15)16-13(21)5-3-7-23-16/h2-9,17H,1H3. The molecule has 0 atom stereocenters. The Hall–Kier alpha value is -2.74.